The number of H-pyrrole nitrogens is 1. The van der Waals surface area contributed by atoms with Crippen LogP contribution in [0.5, 0.6) is 0 Å². The molecule has 3 aromatic rings. The molecule has 1 aromatic carbocycles. The molecule has 3 heterocycles. The molecular formula is C32H35N5O4. The van der Waals surface area contributed by atoms with Crippen LogP contribution >= 0.6 is 0 Å². The van der Waals surface area contributed by atoms with E-state index >= 15 is 0 Å². The molecule has 0 saturated carbocycles. The fourth-order valence-electron chi connectivity index (χ4n) is 5.55. The largest absolute Gasteiger partial charge is 0.381 e. The van der Waals surface area contributed by atoms with Gasteiger partial charge in [0.1, 0.15) is 17.0 Å². The number of aromatic nitrogens is 3. The van der Waals surface area contributed by atoms with Crippen LogP contribution in [0.4, 0.5) is 0 Å². The normalized spacial score (nSPS) is 21.4. The van der Waals surface area contributed by atoms with Crippen molar-refractivity contribution in [1.82, 2.24) is 24.8 Å². The highest BCUT2D eigenvalue weighted by atomic mass is 16.3. The Morgan fingerprint density at radius 2 is 1.68 bits per heavy atom. The van der Waals surface area contributed by atoms with E-state index in [0.717, 1.165) is 16.6 Å². The van der Waals surface area contributed by atoms with Crippen LogP contribution < -0.4 is 0 Å². The fourth-order valence-corrected chi connectivity index (χ4v) is 5.55. The van der Waals surface area contributed by atoms with Crippen molar-refractivity contribution in [3.8, 4) is 11.5 Å². The van der Waals surface area contributed by atoms with Crippen LogP contribution in [0.2, 0.25) is 0 Å². The van der Waals surface area contributed by atoms with E-state index in [0.29, 0.717) is 49.0 Å². The SMILES string of the molecule is CC1=CC(=O)CC(C)(C)C1(O)/C=C(C)\C=C\C(=O)N1CCN(C(=O)c2cccc(-c3nc4ccccc4[nH]3)n2)CC1. The smallest absolute Gasteiger partial charge is 0.272 e. The lowest BCUT2D eigenvalue weighted by Crippen LogP contribution is -2.50. The second kappa shape index (κ2) is 10.9. The van der Waals surface area contributed by atoms with Gasteiger partial charge in [-0.1, -0.05) is 43.7 Å². The Morgan fingerprint density at radius 1 is 0.976 bits per heavy atom. The molecule has 0 bridgehead atoms. The van der Waals surface area contributed by atoms with Crippen LogP contribution in [0.3, 0.4) is 0 Å². The Bertz CT molecular complexity index is 1570. The third-order valence-corrected chi connectivity index (χ3v) is 8.03. The maximum absolute atomic E-state index is 13.2. The molecule has 2 amide bonds. The summed E-state index contributed by atoms with van der Waals surface area (Å²) in [5.74, 6) is 0.259. The average molecular weight is 554 g/mol. The van der Waals surface area contributed by atoms with Gasteiger partial charge < -0.3 is 19.9 Å². The molecule has 212 valence electrons. The van der Waals surface area contributed by atoms with E-state index in [1.807, 2.05) is 51.1 Å². The molecule has 5 rings (SSSR count). The Kier molecular flexibility index (Phi) is 7.48. The van der Waals surface area contributed by atoms with E-state index in [4.69, 9.17) is 0 Å². The Hall–Kier alpha value is -4.37. The van der Waals surface area contributed by atoms with Crippen LogP contribution in [-0.4, -0.2) is 79.2 Å². The van der Waals surface area contributed by atoms with Gasteiger partial charge >= 0.3 is 0 Å². The summed E-state index contributed by atoms with van der Waals surface area (Å²) >= 11 is 0. The number of piperazine rings is 1. The standard InChI is InChI=1S/C32H35N5O4/c1-21(19-32(41)22(2)18-23(38)20-31(32,3)4)12-13-28(39)36-14-16-37(17-15-36)30(40)27-11-7-10-26(33-27)29-34-24-8-5-6-9-25(24)35-29/h5-13,18-19,41H,14-17,20H2,1-4H3,(H,34,35)/b13-12+,21-19-. The number of aromatic amines is 1. The summed E-state index contributed by atoms with van der Waals surface area (Å²) in [5.41, 5.74) is 2.03. The summed E-state index contributed by atoms with van der Waals surface area (Å²) in [4.78, 5) is 53.9. The zero-order valence-corrected chi connectivity index (χ0v) is 23.8. The lowest BCUT2D eigenvalue weighted by Gasteiger charge is -2.44. The quantitative estimate of drug-likeness (QED) is 0.363. The van der Waals surface area contributed by atoms with E-state index in [1.165, 1.54) is 12.2 Å². The summed E-state index contributed by atoms with van der Waals surface area (Å²) in [5, 5.41) is 11.4. The molecule has 1 aliphatic heterocycles. The second-order valence-corrected chi connectivity index (χ2v) is 11.5. The van der Waals surface area contributed by atoms with Crippen LogP contribution in [-0.2, 0) is 9.59 Å². The van der Waals surface area contributed by atoms with E-state index in [2.05, 4.69) is 15.0 Å². The maximum Gasteiger partial charge on any atom is 0.272 e. The number of hydrogen-bond donors (Lipinski definition) is 2. The number of hydrogen-bond acceptors (Lipinski definition) is 6. The third-order valence-electron chi connectivity index (χ3n) is 8.03. The van der Waals surface area contributed by atoms with Crippen molar-refractivity contribution in [3.63, 3.8) is 0 Å². The van der Waals surface area contributed by atoms with E-state index < -0.39 is 11.0 Å². The number of carbonyl (C=O) groups is 3. The van der Waals surface area contributed by atoms with Gasteiger partial charge in [-0.3, -0.25) is 14.4 Å². The highest BCUT2D eigenvalue weighted by Gasteiger charge is 2.47. The molecule has 9 nitrogen and oxygen atoms in total. The predicted molar refractivity (Wildman–Crippen MR) is 157 cm³/mol. The second-order valence-electron chi connectivity index (χ2n) is 11.5. The molecule has 0 radical (unpaired) electrons. The maximum atomic E-state index is 13.2. The number of nitrogens with one attached hydrogen (secondary N) is 1. The van der Waals surface area contributed by atoms with E-state index in [-0.39, 0.29) is 24.0 Å². The molecule has 1 aliphatic carbocycles. The first-order valence-corrected chi connectivity index (χ1v) is 13.8. The number of pyridine rings is 1. The van der Waals surface area contributed by atoms with Gasteiger partial charge in [-0.25, -0.2) is 9.97 Å². The number of allylic oxidation sites excluding steroid dienone is 3. The molecule has 9 heteroatoms. The number of amides is 2. The van der Waals surface area contributed by atoms with Gasteiger partial charge in [-0.2, -0.15) is 0 Å². The molecule has 1 atom stereocenters. The molecule has 1 saturated heterocycles. The van der Waals surface area contributed by atoms with E-state index in [1.54, 1.807) is 41.0 Å². The molecule has 2 aliphatic rings. The highest BCUT2D eigenvalue weighted by Crippen LogP contribution is 2.44. The number of fused-ring (bicyclic) bond motifs is 1. The van der Waals surface area contributed by atoms with Crippen LogP contribution in [0.1, 0.15) is 44.6 Å². The average Bonchev–Trinajstić information content (AvgIpc) is 3.39. The first kappa shape index (κ1) is 28.2. The number of benzene rings is 1. The molecule has 2 aromatic heterocycles. The van der Waals surface area contributed by atoms with Gasteiger partial charge in [0, 0.05) is 44.1 Å². The zero-order chi connectivity index (χ0) is 29.4. The van der Waals surface area contributed by atoms with Crippen molar-refractivity contribution in [2.45, 2.75) is 39.7 Å². The topological polar surface area (TPSA) is 119 Å². The first-order chi connectivity index (χ1) is 19.5. The van der Waals surface area contributed by atoms with Gasteiger partial charge in [0.05, 0.1) is 11.0 Å². The number of imidazole rings is 1. The molecule has 0 spiro atoms. The number of rotatable bonds is 5. The van der Waals surface area contributed by atoms with Crippen LogP contribution in [0.15, 0.2) is 77.9 Å². The number of aliphatic hydroxyl groups is 1. The Morgan fingerprint density at radius 3 is 2.39 bits per heavy atom. The molecular weight excluding hydrogens is 518 g/mol. The van der Waals surface area contributed by atoms with Gasteiger partial charge in [0.15, 0.2) is 11.6 Å². The summed E-state index contributed by atoms with van der Waals surface area (Å²) in [6.45, 7) is 8.92. The van der Waals surface area contributed by atoms with Crippen molar-refractivity contribution in [3.05, 3.63) is 83.6 Å². The monoisotopic (exact) mass is 553 g/mol. The minimum atomic E-state index is -1.28. The van der Waals surface area contributed by atoms with Crippen molar-refractivity contribution >= 4 is 28.6 Å². The summed E-state index contributed by atoms with van der Waals surface area (Å²) in [7, 11) is 0. The fraction of sp³-hybridized carbons (Fsp3) is 0.344. The van der Waals surface area contributed by atoms with Gasteiger partial charge in [-0.05, 0) is 55.8 Å². The summed E-state index contributed by atoms with van der Waals surface area (Å²) in [6, 6.07) is 13.0. The number of carbonyl (C=O) groups excluding carboxylic acids is 3. The van der Waals surface area contributed by atoms with Crippen molar-refractivity contribution < 1.29 is 19.5 Å². The van der Waals surface area contributed by atoms with Crippen molar-refractivity contribution in [2.24, 2.45) is 5.41 Å². The molecule has 1 fully saturated rings. The van der Waals surface area contributed by atoms with Crippen molar-refractivity contribution in [2.75, 3.05) is 26.2 Å². The molecule has 1 unspecified atom stereocenters. The highest BCUT2D eigenvalue weighted by molar-refractivity contribution is 5.94. The number of para-hydroxylation sites is 2. The predicted octanol–water partition coefficient (Wildman–Crippen LogP) is 4.09. The summed E-state index contributed by atoms with van der Waals surface area (Å²) in [6.07, 6.45) is 6.64. The molecule has 41 heavy (non-hydrogen) atoms. The van der Waals surface area contributed by atoms with Gasteiger partial charge in [0.2, 0.25) is 5.91 Å². The van der Waals surface area contributed by atoms with Crippen LogP contribution in [0, 0.1) is 5.41 Å². The minimum Gasteiger partial charge on any atom is -0.381 e. The van der Waals surface area contributed by atoms with Crippen molar-refractivity contribution in [1.29, 1.82) is 0 Å². The first-order valence-electron chi connectivity index (χ1n) is 13.8. The Balaban J connectivity index is 1.20. The Labute approximate surface area is 239 Å². The summed E-state index contributed by atoms with van der Waals surface area (Å²) < 4.78 is 0. The number of nitrogens with zero attached hydrogens (tertiary/aromatic N) is 4. The molecule has 2 N–H and O–H groups in total. The third kappa shape index (κ3) is 5.63. The minimum absolute atomic E-state index is 0.00117. The van der Waals surface area contributed by atoms with E-state index in [9.17, 15) is 19.5 Å². The lowest BCUT2D eigenvalue weighted by atomic mass is 9.64. The van der Waals surface area contributed by atoms with Crippen LogP contribution in [0.25, 0.3) is 22.6 Å². The van der Waals surface area contributed by atoms with Gasteiger partial charge in [-0.15, -0.1) is 0 Å². The number of ketones is 1. The van der Waals surface area contributed by atoms with Gasteiger partial charge in [0.25, 0.3) is 5.91 Å². The zero-order valence-electron chi connectivity index (χ0n) is 23.8. The lowest BCUT2D eigenvalue weighted by molar-refractivity contribution is -0.127.